The lowest BCUT2D eigenvalue weighted by Gasteiger charge is -2.05. The van der Waals surface area contributed by atoms with E-state index in [4.69, 9.17) is 4.74 Å². The zero-order valence-electron chi connectivity index (χ0n) is 12.3. The fourth-order valence-electron chi connectivity index (χ4n) is 1.92. The van der Waals surface area contributed by atoms with E-state index in [9.17, 15) is 4.79 Å². The highest BCUT2D eigenvalue weighted by molar-refractivity contribution is 7.12. The van der Waals surface area contributed by atoms with Crippen LogP contribution in [0.5, 0.6) is 0 Å². The maximum Gasteiger partial charge on any atom is 0.407 e. The molecule has 1 aromatic heterocycles. The van der Waals surface area contributed by atoms with Crippen molar-refractivity contribution in [2.75, 3.05) is 6.54 Å². The van der Waals surface area contributed by atoms with Gasteiger partial charge < -0.3 is 10.1 Å². The van der Waals surface area contributed by atoms with E-state index >= 15 is 0 Å². The van der Waals surface area contributed by atoms with Gasteiger partial charge in [0.25, 0.3) is 0 Å². The highest BCUT2D eigenvalue weighted by atomic mass is 32.1. The Morgan fingerprint density at radius 1 is 1.29 bits per heavy atom. The van der Waals surface area contributed by atoms with E-state index in [1.165, 1.54) is 15.3 Å². The van der Waals surface area contributed by atoms with Crippen molar-refractivity contribution in [2.45, 2.75) is 20.5 Å². The molecule has 1 N–H and O–H groups in total. The van der Waals surface area contributed by atoms with Gasteiger partial charge in [0, 0.05) is 16.3 Å². The summed E-state index contributed by atoms with van der Waals surface area (Å²) in [6.07, 6.45) is 3.55. The molecule has 110 valence electrons. The van der Waals surface area contributed by atoms with Gasteiger partial charge in [-0.15, -0.1) is 11.3 Å². The van der Waals surface area contributed by atoms with Crippen molar-refractivity contribution in [3.05, 3.63) is 63.4 Å². The van der Waals surface area contributed by atoms with Crippen molar-refractivity contribution in [3.8, 4) is 0 Å². The molecule has 0 saturated carbocycles. The molecule has 4 heteroatoms. The third-order valence-electron chi connectivity index (χ3n) is 2.95. The normalized spacial score (nSPS) is 10.8. The summed E-state index contributed by atoms with van der Waals surface area (Å²) in [7, 11) is 0. The van der Waals surface area contributed by atoms with Gasteiger partial charge >= 0.3 is 6.09 Å². The Kier molecular flexibility index (Phi) is 5.58. The molecule has 0 aliphatic heterocycles. The third kappa shape index (κ3) is 5.08. The first-order chi connectivity index (χ1) is 10.1. The standard InChI is InChI=1S/C17H19NO2S/c1-13-11-16(14(2)21-13)9-6-10-18-17(19)20-12-15-7-4-3-5-8-15/h3-9,11H,10,12H2,1-2H3,(H,18,19). The van der Waals surface area contributed by atoms with E-state index in [0.29, 0.717) is 13.2 Å². The molecule has 0 spiro atoms. The highest BCUT2D eigenvalue weighted by Gasteiger charge is 2.01. The molecule has 0 fully saturated rings. The summed E-state index contributed by atoms with van der Waals surface area (Å²) in [6, 6.07) is 11.8. The maximum absolute atomic E-state index is 11.5. The molecule has 2 aromatic rings. The summed E-state index contributed by atoms with van der Waals surface area (Å²) < 4.78 is 5.13. The number of thiophene rings is 1. The predicted octanol–water partition coefficient (Wildman–Crippen LogP) is 4.30. The van der Waals surface area contributed by atoms with E-state index < -0.39 is 6.09 Å². The maximum atomic E-state index is 11.5. The van der Waals surface area contributed by atoms with Gasteiger partial charge in [-0.05, 0) is 31.0 Å². The first-order valence-electron chi connectivity index (χ1n) is 6.83. The van der Waals surface area contributed by atoms with Crippen molar-refractivity contribution in [1.82, 2.24) is 5.32 Å². The number of aryl methyl sites for hydroxylation is 2. The molecule has 1 heterocycles. The Balaban J connectivity index is 1.71. The first-order valence-corrected chi connectivity index (χ1v) is 7.65. The minimum atomic E-state index is -0.401. The van der Waals surface area contributed by atoms with Crippen LogP contribution in [0.15, 0.2) is 42.5 Å². The number of amides is 1. The smallest absolute Gasteiger partial charge is 0.407 e. The minimum Gasteiger partial charge on any atom is -0.445 e. The van der Waals surface area contributed by atoms with Gasteiger partial charge in [0.2, 0.25) is 0 Å². The number of ether oxygens (including phenoxy) is 1. The van der Waals surface area contributed by atoms with Crippen LogP contribution in [0.1, 0.15) is 20.9 Å². The van der Waals surface area contributed by atoms with Crippen LogP contribution in [0, 0.1) is 13.8 Å². The number of hydrogen-bond donors (Lipinski definition) is 1. The zero-order valence-corrected chi connectivity index (χ0v) is 13.1. The second-order valence-electron chi connectivity index (χ2n) is 4.71. The Labute approximate surface area is 129 Å². The van der Waals surface area contributed by atoms with Crippen LogP contribution in [-0.2, 0) is 11.3 Å². The van der Waals surface area contributed by atoms with Crippen LogP contribution in [0.2, 0.25) is 0 Å². The van der Waals surface area contributed by atoms with Gasteiger partial charge in [-0.3, -0.25) is 0 Å². The third-order valence-corrected chi connectivity index (χ3v) is 3.94. The molecule has 21 heavy (non-hydrogen) atoms. The lowest BCUT2D eigenvalue weighted by Crippen LogP contribution is -2.24. The number of nitrogens with one attached hydrogen (secondary N) is 1. The summed E-state index contributed by atoms with van der Waals surface area (Å²) in [4.78, 5) is 14.1. The van der Waals surface area contributed by atoms with Gasteiger partial charge in [-0.1, -0.05) is 42.5 Å². The first kappa shape index (κ1) is 15.3. The highest BCUT2D eigenvalue weighted by Crippen LogP contribution is 2.21. The molecular formula is C17H19NO2S. The monoisotopic (exact) mass is 301 g/mol. The number of carbonyl (C=O) groups is 1. The molecule has 0 bridgehead atoms. The molecule has 0 saturated heterocycles. The predicted molar refractivity (Wildman–Crippen MR) is 87.5 cm³/mol. The van der Waals surface area contributed by atoms with Gasteiger partial charge in [0.05, 0.1) is 0 Å². The summed E-state index contributed by atoms with van der Waals surface area (Å²) in [5, 5.41) is 2.70. The van der Waals surface area contributed by atoms with Crippen LogP contribution < -0.4 is 5.32 Å². The average Bonchev–Trinajstić information content (AvgIpc) is 2.80. The van der Waals surface area contributed by atoms with Crippen molar-refractivity contribution in [3.63, 3.8) is 0 Å². The Morgan fingerprint density at radius 3 is 2.71 bits per heavy atom. The number of hydrogen-bond acceptors (Lipinski definition) is 3. The van der Waals surface area contributed by atoms with E-state index in [2.05, 4.69) is 25.2 Å². The SMILES string of the molecule is Cc1cc(C=CCNC(=O)OCc2ccccc2)c(C)s1. The van der Waals surface area contributed by atoms with Crippen molar-refractivity contribution in [1.29, 1.82) is 0 Å². The second-order valence-corrected chi connectivity index (χ2v) is 6.17. The van der Waals surface area contributed by atoms with Crippen LogP contribution in [0.4, 0.5) is 4.79 Å². The number of alkyl carbamates (subject to hydrolysis) is 1. The van der Waals surface area contributed by atoms with Gasteiger partial charge in [-0.2, -0.15) is 0 Å². The summed E-state index contributed by atoms with van der Waals surface area (Å²) in [6.45, 7) is 4.94. The lowest BCUT2D eigenvalue weighted by atomic mass is 10.2. The summed E-state index contributed by atoms with van der Waals surface area (Å²) in [5.41, 5.74) is 2.18. The van der Waals surface area contributed by atoms with Gasteiger partial charge in [-0.25, -0.2) is 4.79 Å². The minimum absolute atomic E-state index is 0.291. The molecule has 0 radical (unpaired) electrons. The van der Waals surface area contributed by atoms with Crippen molar-refractivity contribution in [2.24, 2.45) is 0 Å². The van der Waals surface area contributed by atoms with Gasteiger partial charge in [0.15, 0.2) is 0 Å². The number of carbonyl (C=O) groups excluding carboxylic acids is 1. The Bertz CT molecular complexity index is 617. The van der Waals surface area contributed by atoms with Crippen LogP contribution in [-0.4, -0.2) is 12.6 Å². The van der Waals surface area contributed by atoms with Gasteiger partial charge in [0.1, 0.15) is 6.61 Å². The molecule has 0 atom stereocenters. The Morgan fingerprint density at radius 2 is 2.05 bits per heavy atom. The quantitative estimate of drug-likeness (QED) is 0.894. The molecule has 0 aliphatic carbocycles. The zero-order chi connectivity index (χ0) is 15.1. The molecule has 1 aromatic carbocycles. The summed E-state index contributed by atoms with van der Waals surface area (Å²) in [5.74, 6) is 0. The fourth-order valence-corrected chi connectivity index (χ4v) is 2.83. The van der Waals surface area contributed by atoms with Crippen LogP contribution >= 0.6 is 11.3 Å². The van der Waals surface area contributed by atoms with Crippen molar-refractivity contribution >= 4 is 23.5 Å². The van der Waals surface area contributed by atoms with E-state index in [1.807, 2.05) is 42.5 Å². The topological polar surface area (TPSA) is 38.3 Å². The van der Waals surface area contributed by atoms with Crippen LogP contribution in [0.3, 0.4) is 0 Å². The molecule has 0 aliphatic rings. The second kappa shape index (κ2) is 7.64. The van der Waals surface area contributed by atoms with E-state index in [1.54, 1.807) is 11.3 Å². The molecule has 0 unspecified atom stereocenters. The average molecular weight is 301 g/mol. The van der Waals surface area contributed by atoms with E-state index in [-0.39, 0.29) is 0 Å². The Hall–Kier alpha value is -2.07. The lowest BCUT2D eigenvalue weighted by molar-refractivity contribution is 0.141. The molecule has 3 nitrogen and oxygen atoms in total. The molecule has 2 rings (SSSR count). The van der Waals surface area contributed by atoms with E-state index in [0.717, 1.165) is 5.56 Å². The van der Waals surface area contributed by atoms with Crippen molar-refractivity contribution < 1.29 is 9.53 Å². The number of rotatable bonds is 5. The summed E-state index contributed by atoms with van der Waals surface area (Å²) >= 11 is 1.78. The largest absolute Gasteiger partial charge is 0.445 e. The molecular weight excluding hydrogens is 282 g/mol. The number of benzene rings is 1. The molecule has 1 amide bonds. The van der Waals surface area contributed by atoms with Crippen LogP contribution in [0.25, 0.3) is 6.08 Å². The fraction of sp³-hybridized carbons (Fsp3) is 0.235.